The second kappa shape index (κ2) is 11.8. The summed E-state index contributed by atoms with van der Waals surface area (Å²) in [7, 11) is 0. The first-order valence-corrected chi connectivity index (χ1v) is 16.5. The standard InChI is InChI=1S/C37H49N3O3/c1-6-26(15-14-25(4)24(2)3)32-18-19-33-27(11-10-20-37(32,33)5)22-34-31-17-16-30(41)21-28(31)23-38-35(42)39(36(43)40(34)38)29-12-8-7-9-13-29/h6-9,12-15,22,24-26,30,32-34,41H,1,10-11,16-21,23H2,2-5H3/b15-14+,27-22?/t25-,26+,30?,32?,33?,34?,37+/m0/s1. The van der Waals surface area contributed by atoms with Crippen molar-refractivity contribution in [2.24, 2.45) is 35.0 Å². The number of allylic oxidation sites excluding steroid dienone is 6. The average Bonchev–Trinajstić information content (AvgIpc) is 3.47. The molecule has 1 N–H and O–H groups in total. The second-order valence-electron chi connectivity index (χ2n) is 14.2. The highest BCUT2D eigenvalue weighted by atomic mass is 16.3. The Bertz CT molecular complexity index is 1570. The molecule has 2 fully saturated rings. The van der Waals surface area contributed by atoms with Crippen molar-refractivity contribution in [1.29, 1.82) is 0 Å². The lowest BCUT2D eigenvalue weighted by molar-refractivity contribution is 0.118. The van der Waals surface area contributed by atoms with Gasteiger partial charge in [-0.05, 0) is 110 Å². The van der Waals surface area contributed by atoms with Crippen LogP contribution in [0.2, 0.25) is 0 Å². The minimum atomic E-state index is -0.395. The number of hydrogen-bond donors (Lipinski definition) is 1. The molecule has 2 saturated carbocycles. The van der Waals surface area contributed by atoms with Gasteiger partial charge in [0, 0.05) is 0 Å². The number of aliphatic hydroxyl groups excluding tert-OH is 1. The van der Waals surface area contributed by atoms with Crippen LogP contribution in [-0.2, 0) is 6.54 Å². The smallest absolute Gasteiger partial charge is 0.352 e. The molecule has 6 heteroatoms. The van der Waals surface area contributed by atoms with Crippen LogP contribution in [0.4, 0.5) is 0 Å². The van der Waals surface area contributed by atoms with Gasteiger partial charge in [-0.2, -0.15) is 0 Å². The Hall–Kier alpha value is -3.12. The largest absolute Gasteiger partial charge is 0.393 e. The Kier molecular flexibility index (Phi) is 8.18. The zero-order chi connectivity index (χ0) is 30.5. The Morgan fingerprint density at radius 2 is 1.79 bits per heavy atom. The molecular formula is C37H49N3O3. The number of aliphatic hydroxyl groups is 1. The van der Waals surface area contributed by atoms with Gasteiger partial charge in [-0.3, -0.25) is 0 Å². The molecule has 1 aliphatic heterocycles. The van der Waals surface area contributed by atoms with Crippen molar-refractivity contribution < 1.29 is 5.11 Å². The summed E-state index contributed by atoms with van der Waals surface area (Å²) in [5.74, 6) is 2.51. The maximum atomic E-state index is 14.1. The highest BCUT2D eigenvalue weighted by Gasteiger charge is 2.51. The zero-order valence-corrected chi connectivity index (χ0v) is 26.4. The molecule has 0 spiro atoms. The minimum absolute atomic E-state index is 0.170. The van der Waals surface area contributed by atoms with Gasteiger partial charge < -0.3 is 5.11 Å². The molecule has 6 rings (SSSR count). The molecular weight excluding hydrogens is 534 g/mol. The van der Waals surface area contributed by atoms with Gasteiger partial charge in [0.25, 0.3) is 0 Å². The van der Waals surface area contributed by atoms with Crippen molar-refractivity contribution in [2.75, 3.05) is 0 Å². The molecule has 0 amide bonds. The van der Waals surface area contributed by atoms with Gasteiger partial charge in [-0.1, -0.05) is 75.8 Å². The molecule has 4 unspecified atom stereocenters. The molecule has 3 aliphatic carbocycles. The first-order chi connectivity index (χ1) is 20.6. The van der Waals surface area contributed by atoms with E-state index in [9.17, 15) is 14.7 Å². The van der Waals surface area contributed by atoms with Crippen LogP contribution < -0.4 is 11.4 Å². The number of benzene rings is 1. The van der Waals surface area contributed by atoms with E-state index in [0.29, 0.717) is 54.7 Å². The van der Waals surface area contributed by atoms with Gasteiger partial charge in [0.05, 0.1) is 24.4 Å². The summed E-state index contributed by atoms with van der Waals surface area (Å²) in [4.78, 5) is 27.8. The van der Waals surface area contributed by atoms with E-state index in [1.54, 1.807) is 9.36 Å². The molecule has 4 aliphatic rings. The molecule has 0 bridgehead atoms. The lowest BCUT2D eigenvalue weighted by atomic mass is 9.60. The third-order valence-corrected chi connectivity index (χ3v) is 11.6. The van der Waals surface area contributed by atoms with E-state index >= 15 is 0 Å². The summed E-state index contributed by atoms with van der Waals surface area (Å²) in [5, 5.41) is 10.6. The van der Waals surface area contributed by atoms with Crippen LogP contribution in [0.15, 0.2) is 87.5 Å². The van der Waals surface area contributed by atoms with Gasteiger partial charge in [0.2, 0.25) is 0 Å². The summed E-state index contributed by atoms with van der Waals surface area (Å²) in [6.45, 7) is 14.0. The first kappa shape index (κ1) is 29.9. The Morgan fingerprint density at radius 1 is 1.02 bits per heavy atom. The number of rotatable bonds is 7. The number of hydrogen-bond acceptors (Lipinski definition) is 3. The average molecular weight is 584 g/mol. The number of fused-ring (bicyclic) bond motifs is 2. The Balaban J connectivity index is 1.41. The van der Waals surface area contributed by atoms with Crippen molar-refractivity contribution in [1.82, 2.24) is 13.9 Å². The number of nitrogens with zero attached hydrogens (tertiary/aromatic N) is 3. The lowest BCUT2D eigenvalue weighted by Crippen LogP contribution is -2.39. The highest BCUT2D eigenvalue weighted by Crippen LogP contribution is 2.60. The summed E-state index contributed by atoms with van der Waals surface area (Å²) >= 11 is 0. The molecule has 0 radical (unpaired) electrons. The zero-order valence-electron chi connectivity index (χ0n) is 26.4. The topological polar surface area (TPSA) is 69.2 Å². The number of para-hydroxylation sites is 1. The van der Waals surface area contributed by atoms with E-state index in [1.807, 2.05) is 30.3 Å². The SMILES string of the molecule is C=C[C@H](/C=C/[C@H](C)C(C)C)C1CCC2C(=CC3C4=C(CC(O)CC4)Cn4c(=O)n(-c5ccccc5)c(=O)n43)CCC[C@@]21C. The van der Waals surface area contributed by atoms with Crippen LogP contribution in [0.1, 0.15) is 85.1 Å². The van der Waals surface area contributed by atoms with Crippen molar-refractivity contribution in [2.45, 2.75) is 97.8 Å². The lowest BCUT2D eigenvalue weighted by Gasteiger charge is -2.44. The van der Waals surface area contributed by atoms with Crippen molar-refractivity contribution in [3.63, 3.8) is 0 Å². The molecule has 2 aromatic rings. The predicted molar refractivity (Wildman–Crippen MR) is 173 cm³/mol. The second-order valence-corrected chi connectivity index (χ2v) is 14.2. The third kappa shape index (κ3) is 5.20. The summed E-state index contributed by atoms with van der Waals surface area (Å²) in [5.41, 5.74) is 3.96. The van der Waals surface area contributed by atoms with E-state index in [-0.39, 0.29) is 22.8 Å². The fourth-order valence-electron chi connectivity index (χ4n) is 8.76. The Labute approximate surface area is 256 Å². The van der Waals surface area contributed by atoms with Gasteiger partial charge in [0.1, 0.15) is 0 Å². The quantitative estimate of drug-likeness (QED) is 0.357. The molecule has 6 nitrogen and oxygen atoms in total. The van der Waals surface area contributed by atoms with Crippen LogP contribution in [0.3, 0.4) is 0 Å². The van der Waals surface area contributed by atoms with E-state index in [0.717, 1.165) is 31.3 Å². The van der Waals surface area contributed by atoms with Crippen LogP contribution >= 0.6 is 0 Å². The third-order valence-electron chi connectivity index (χ3n) is 11.6. The van der Waals surface area contributed by atoms with E-state index in [2.05, 4.69) is 58.6 Å². The molecule has 1 aromatic heterocycles. The normalized spacial score (nSPS) is 31.3. The van der Waals surface area contributed by atoms with Crippen LogP contribution in [0, 0.1) is 35.0 Å². The van der Waals surface area contributed by atoms with Crippen molar-refractivity contribution in [3.05, 3.63) is 98.9 Å². The molecule has 43 heavy (non-hydrogen) atoms. The van der Waals surface area contributed by atoms with Crippen LogP contribution in [0.5, 0.6) is 0 Å². The van der Waals surface area contributed by atoms with E-state index in [4.69, 9.17) is 0 Å². The minimum Gasteiger partial charge on any atom is -0.393 e. The van der Waals surface area contributed by atoms with Gasteiger partial charge >= 0.3 is 11.4 Å². The van der Waals surface area contributed by atoms with Crippen LogP contribution in [0.25, 0.3) is 5.69 Å². The molecule has 7 atom stereocenters. The Morgan fingerprint density at radius 3 is 2.51 bits per heavy atom. The highest BCUT2D eigenvalue weighted by molar-refractivity contribution is 5.35. The fourth-order valence-corrected chi connectivity index (χ4v) is 8.76. The maximum Gasteiger partial charge on any atom is 0.352 e. The maximum absolute atomic E-state index is 14.1. The van der Waals surface area contributed by atoms with Crippen LogP contribution in [-0.4, -0.2) is 25.1 Å². The summed E-state index contributed by atoms with van der Waals surface area (Å²) in [6.07, 6.45) is 16.7. The first-order valence-electron chi connectivity index (χ1n) is 16.5. The summed E-state index contributed by atoms with van der Waals surface area (Å²) in [6, 6.07) is 8.95. The van der Waals surface area contributed by atoms with Crippen molar-refractivity contribution in [3.8, 4) is 5.69 Å². The molecule has 1 aromatic carbocycles. The molecule has 230 valence electrons. The monoisotopic (exact) mass is 583 g/mol. The van der Waals surface area contributed by atoms with Crippen molar-refractivity contribution >= 4 is 0 Å². The predicted octanol–water partition coefficient (Wildman–Crippen LogP) is 6.99. The van der Waals surface area contributed by atoms with Gasteiger partial charge in [-0.15, -0.1) is 6.58 Å². The van der Waals surface area contributed by atoms with Gasteiger partial charge in [-0.25, -0.2) is 23.5 Å². The fraction of sp³-hybridized carbons (Fsp3) is 0.568. The van der Waals surface area contributed by atoms with E-state index in [1.165, 1.54) is 28.6 Å². The van der Waals surface area contributed by atoms with Gasteiger partial charge in [0.15, 0.2) is 0 Å². The molecule has 0 saturated heterocycles. The summed E-state index contributed by atoms with van der Waals surface area (Å²) < 4.78 is 4.66. The molecule has 2 heterocycles. The van der Waals surface area contributed by atoms with E-state index < -0.39 is 6.10 Å². The number of aromatic nitrogens is 3.